The summed E-state index contributed by atoms with van der Waals surface area (Å²) in [7, 11) is 0. The third kappa shape index (κ3) is 28.9. The van der Waals surface area contributed by atoms with E-state index in [0.717, 1.165) is 31.1 Å². The highest BCUT2D eigenvalue weighted by Crippen LogP contribution is 2.57. The highest BCUT2D eigenvalue weighted by Gasteiger charge is 2.70. The average Bonchev–Trinajstić information content (AvgIpc) is 1.53. The van der Waals surface area contributed by atoms with Gasteiger partial charge in [0, 0.05) is 38.1 Å². The Morgan fingerprint density at radius 3 is 1.32 bits per heavy atom. The van der Waals surface area contributed by atoms with Crippen molar-refractivity contribution in [3.05, 3.63) is 36.5 Å². The van der Waals surface area contributed by atoms with E-state index in [0.29, 0.717) is 56.7 Å². The van der Waals surface area contributed by atoms with Crippen LogP contribution in [0.4, 0.5) is 0 Å². The maximum atomic E-state index is 12.6. The minimum absolute atomic E-state index is 0.0557. The van der Waals surface area contributed by atoms with Gasteiger partial charge in [0.1, 0.15) is 0 Å². The van der Waals surface area contributed by atoms with E-state index >= 15 is 0 Å². The van der Waals surface area contributed by atoms with Gasteiger partial charge < -0.3 is 53.6 Å². The molecule has 4 bridgehead atoms. The van der Waals surface area contributed by atoms with Gasteiger partial charge in [-0.05, 0) is 137 Å². The van der Waals surface area contributed by atoms with Gasteiger partial charge in [-0.25, -0.2) is 0 Å². The molecule has 9 aliphatic heterocycles. The number of fused-ring (bicyclic) bond motifs is 10. The van der Waals surface area contributed by atoms with Crippen molar-refractivity contribution in [1.29, 1.82) is 0 Å². The van der Waals surface area contributed by atoms with Crippen LogP contribution in [0.15, 0.2) is 36.5 Å². The second-order valence-electron chi connectivity index (χ2n) is 35.0. The Labute approximate surface area is 605 Å². The molecule has 0 aromatic heterocycles. The van der Waals surface area contributed by atoms with Gasteiger partial charge >= 0.3 is 0 Å². The van der Waals surface area contributed by atoms with E-state index < -0.39 is 23.4 Å². The van der Waals surface area contributed by atoms with Crippen LogP contribution < -0.4 is 0 Å². The highest BCUT2D eigenvalue weighted by molar-refractivity contribution is 6.13. The number of amides is 8. The number of carbonyl (C=O) groups excluding carboxylic acids is 8. The van der Waals surface area contributed by atoms with Gasteiger partial charge in [-0.3, -0.25) is 57.9 Å². The molecule has 9 heterocycles. The van der Waals surface area contributed by atoms with Crippen LogP contribution in [0.2, 0.25) is 0 Å². The Balaban J connectivity index is 0.000000402. The number of likely N-dealkylation sites (tertiary alicyclic amines) is 2. The zero-order valence-corrected chi connectivity index (χ0v) is 66.9. The van der Waals surface area contributed by atoms with E-state index in [1.54, 1.807) is 13.8 Å². The van der Waals surface area contributed by atoms with Gasteiger partial charge in [0.25, 0.3) is 23.6 Å². The van der Waals surface area contributed by atoms with Crippen molar-refractivity contribution >= 4 is 47.3 Å². The molecule has 6 saturated heterocycles. The molecule has 582 valence electrons. The van der Waals surface area contributed by atoms with Crippen LogP contribution in [-0.2, 0) is 76.4 Å². The number of imide groups is 4. The smallest absolute Gasteiger partial charge is 0.254 e. The Bertz CT molecular complexity index is 2710. The van der Waals surface area contributed by atoms with Crippen LogP contribution in [0, 0.1) is 51.2 Å². The molecule has 0 spiro atoms. The average molecular weight is 1440 g/mol. The largest absolute Gasteiger partial charge is 0.394 e. The quantitative estimate of drug-likeness (QED) is 0.0777. The van der Waals surface area contributed by atoms with Gasteiger partial charge in [-0.1, -0.05) is 128 Å². The Morgan fingerprint density at radius 1 is 0.594 bits per heavy atom. The molecule has 0 saturated carbocycles. The summed E-state index contributed by atoms with van der Waals surface area (Å²) in [5.74, 6) is -2.51. The monoisotopic (exact) mass is 1430 g/mol. The summed E-state index contributed by atoms with van der Waals surface area (Å²) in [4.78, 5) is 103. The fourth-order valence-corrected chi connectivity index (χ4v) is 12.0. The number of hydrogen-bond acceptors (Lipinski definition) is 20. The minimum Gasteiger partial charge on any atom is -0.394 e. The first-order chi connectivity index (χ1) is 45.9. The summed E-state index contributed by atoms with van der Waals surface area (Å²) >= 11 is 0. The first-order valence-corrected chi connectivity index (χ1v) is 36.2. The number of hydroxylamine groups is 2. The molecule has 0 aromatic rings. The van der Waals surface area contributed by atoms with Crippen LogP contribution in [0.3, 0.4) is 0 Å². The van der Waals surface area contributed by atoms with Crippen molar-refractivity contribution in [2.75, 3.05) is 59.3 Å². The van der Waals surface area contributed by atoms with Crippen molar-refractivity contribution in [3.8, 4) is 0 Å². The molecular weight excluding hydrogens is 1300 g/mol. The second kappa shape index (κ2) is 38.0. The van der Waals surface area contributed by atoms with Gasteiger partial charge in [-0.15, -0.1) is 0 Å². The molecule has 101 heavy (non-hydrogen) atoms. The summed E-state index contributed by atoms with van der Waals surface area (Å²) in [5.41, 5.74) is -1.30. The highest BCUT2D eigenvalue weighted by atomic mass is 16.7. The molecule has 6 fully saturated rings. The maximum absolute atomic E-state index is 12.6. The molecule has 12 atom stereocenters. The summed E-state index contributed by atoms with van der Waals surface area (Å²) in [6, 6.07) is 0. The lowest BCUT2D eigenvalue weighted by atomic mass is 9.73. The third-order valence-electron chi connectivity index (χ3n) is 17.6. The summed E-state index contributed by atoms with van der Waals surface area (Å²) in [5, 5.41) is 35.3. The van der Waals surface area contributed by atoms with Crippen LogP contribution in [-0.4, -0.2) is 218 Å². The molecule has 9 aliphatic rings. The predicted octanol–water partition coefficient (Wildman–Crippen LogP) is 9.89. The predicted molar refractivity (Wildman–Crippen MR) is 386 cm³/mol. The number of nitrogens with zero attached hydrogens (tertiary/aromatic N) is 4. The standard InChI is InChI=1S/C16H23NO3.C14H19NO4.C10H15NO3.C9H18O2.C9H20O.C7H11NO3.2C6H14O2/c1-14(2,3)8-9-17-12(18)10-11(13(17)19)16(5)7-6-15(10,4)20-16;1-14(2,3)18-7-6-15-12(16)10-8-4-5-9(19-8)11(10)13(15)17;1-10(2,3)14-7-6-11-8(12)4-5-9(11)13;1-8(2,3)7-6-10-9(4,5)11-7;1-6-8(10-7-2)9(3,4)5;1-5(2)11-8-6(9)3-4-7(8)10;1-6(2,3)5(8)4-7;1-5(2)3-6(8)4-7/h6-7,10-11H,8-9H2,1-5H3;4-5,8-11H,6-7H2,1-3H3;4-5H,6-7H2,1-3H3;7H,6H2,1-5H3;8H,6-7H2,1-5H3;5H,3-4H2,1-2H3;5,7-8H,4H2,1-3H3;5-8H,3-4H2,1-2H3/t10-,11+,15?,16?;8?,9?,10-,11+;;;;;;. The van der Waals surface area contributed by atoms with Crippen LogP contribution >= 0.6 is 0 Å². The van der Waals surface area contributed by atoms with Crippen LogP contribution in [0.25, 0.3) is 0 Å². The summed E-state index contributed by atoms with van der Waals surface area (Å²) in [6.07, 6.45) is 12.4. The number of carbonyl (C=O) groups is 8. The van der Waals surface area contributed by atoms with Gasteiger partial charge in [0.2, 0.25) is 23.6 Å². The van der Waals surface area contributed by atoms with E-state index in [9.17, 15) is 38.4 Å². The lowest BCUT2D eigenvalue weighted by Crippen LogP contribution is -2.40. The first kappa shape index (κ1) is 92.4. The normalized spacial score (nSPS) is 27.0. The van der Waals surface area contributed by atoms with E-state index in [1.165, 1.54) is 26.9 Å². The molecule has 24 heteroatoms. The fourth-order valence-electron chi connectivity index (χ4n) is 12.0. The molecule has 24 nitrogen and oxygen atoms in total. The number of aliphatic hydroxyl groups is 4. The number of hydrogen-bond donors (Lipinski definition) is 4. The third-order valence-corrected chi connectivity index (χ3v) is 17.6. The molecule has 4 N–H and O–H groups in total. The summed E-state index contributed by atoms with van der Waals surface area (Å²) in [6.45, 7) is 59.6. The number of ether oxygens (including phenoxy) is 7. The zero-order valence-electron chi connectivity index (χ0n) is 66.9. The fraction of sp³-hybridized carbons (Fsp3) is 0.818. The van der Waals surface area contributed by atoms with E-state index in [2.05, 4.69) is 76.2 Å². The zero-order chi connectivity index (χ0) is 78.2. The Hall–Kier alpha value is -4.70. The van der Waals surface area contributed by atoms with Crippen molar-refractivity contribution in [3.63, 3.8) is 0 Å². The molecule has 0 aromatic carbocycles. The molecule has 8 unspecified atom stereocenters. The van der Waals surface area contributed by atoms with Crippen LogP contribution in [0.5, 0.6) is 0 Å². The summed E-state index contributed by atoms with van der Waals surface area (Å²) < 4.78 is 39.2. The van der Waals surface area contributed by atoms with Gasteiger partial charge in [0.05, 0.1) is 135 Å². The van der Waals surface area contributed by atoms with Crippen molar-refractivity contribution in [2.45, 2.75) is 297 Å². The lowest BCUT2D eigenvalue weighted by Gasteiger charge is -2.29. The van der Waals surface area contributed by atoms with Gasteiger partial charge in [-0.2, -0.15) is 5.06 Å². The minimum atomic E-state index is -0.608. The molecule has 0 aliphatic carbocycles. The van der Waals surface area contributed by atoms with Crippen molar-refractivity contribution in [2.24, 2.45) is 51.2 Å². The Kier molecular flexibility index (Phi) is 34.8. The van der Waals surface area contributed by atoms with E-state index in [4.69, 9.17) is 58.4 Å². The molecule has 9 rings (SSSR count). The number of rotatable bonds is 17. The lowest BCUT2D eigenvalue weighted by molar-refractivity contribution is -0.198. The second-order valence-corrected chi connectivity index (χ2v) is 35.0. The van der Waals surface area contributed by atoms with Crippen molar-refractivity contribution < 1.29 is 96.8 Å². The molecular formula is C77H134N4O20. The Morgan fingerprint density at radius 2 is 1.03 bits per heavy atom. The first-order valence-electron chi connectivity index (χ1n) is 36.2. The van der Waals surface area contributed by atoms with E-state index in [-0.39, 0.29) is 155 Å². The van der Waals surface area contributed by atoms with E-state index in [1.807, 2.05) is 128 Å². The topological polar surface area (TPSA) is 304 Å². The maximum Gasteiger partial charge on any atom is 0.254 e. The molecule has 8 amide bonds. The number of aliphatic hydroxyl groups excluding tert-OH is 4. The van der Waals surface area contributed by atoms with Crippen LogP contribution in [0.1, 0.15) is 226 Å². The van der Waals surface area contributed by atoms with Gasteiger partial charge in [0.15, 0.2) is 5.79 Å². The van der Waals surface area contributed by atoms with Crippen molar-refractivity contribution in [1.82, 2.24) is 19.8 Å². The molecule has 0 radical (unpaired) electrons. The SMILES string of the molecule is CC(C)(C)C(O)CO.CC(C)(C)CCN1C(=O)[C@@H]2[C@H](C1=O)C1(C)C=CC2(C)O1.CC(C)(C)OCCN1C(=O)C=CC1=O.CC(C)(C)OCCN1C(=O)[C@@H]2C3C=CC(O3)[C@@H]2C1=O.CC(C)CC(O)CO.CC(C)ON1C(=O)CCC1=O.CC1(C)OCC(C(C)(C)C)O1.CCOC(CC)C(C)(C)C.